The maximum atomic E-state index is 12.3. The summed E-state index contributed by atoms with van der Waals surface area (Å²) in [5.41, 5.74) is 0.348. The highest BCUT2D eigenvalue weighted by atomic mass is 16.6. The summed E-state index contributed by atoms with van der Waals surface area (Å²) in [6.07, 6.45) is 3.42. The van der Waals surface area contributed by atoms with Crippen LogP contribution in [0.15, 0.2) is 24.3 Å². The van der Waals surface area contributed by atoms with Crippen molar-refractivity contribution >= 4 is 17.4 Å². The number of nitro benzene ring substituents is 1. The first kappa shape index (κ1) is 15.2. The lowest BCUT2D eigenvalue weighted by atomic mass is 10.0. The van der Waals surface area contributed by atoms with Gasteiger partial charge in [-0.2, -0.15) is 0 Å². The standard InChI is InChI=1S/C14H19N3O4/c18-9-7-12-5-1-2-8-16(12)14(19)15-11-4-3-6-13(10-11)17(20)21/h3-4,6,10,12,18H,1-2,5,7-9H2,(H,15,19). The first-order chi connectivity index (χ1) is 10.1. The molecule has 1 fully saturated rings. The quantitative estimate of drug-likeness (QED) is 0.658. The molecular weight excluding hydrogens is 274 g/mol. The molecule has 0 saturated carbocycles. The summed E-state index contributed by atoms with van der Waals surface area (Å²) in [5.74, 6) is 0. The number of amides is 2. The van der Waals surface area contributed by atoms with Gasteiger partial charge in [0.1, 0.15) is 0 Å². The number of likely N-dealkylation sites (tertiary alicyclic amines) is 1. The van der Waals surface area contributed by atoms with Crippen LogP contribution in [0.2, 0.25) is 0 Å². The molecule has 2 N–H and O–H groups in total. The largest absolute Gasteiger partial charge is 0.396 e. The molecule has 7 nitrogen and oxygen atoms in total. The smallest absolute Gasteiger partial charge is 0.322 e. The predicted molar refractivity (Wildman–Crippen MR) is 78.2 cm³/mol. The number of anilines is 1. The number of urea groups is 1. The highest BCUT2D eigenvalue weighted by Gasteiger charge is 2.26. The number of aliphatic hydroxyl groups excluding tert-OH is 1. The molecule has 0 aromatic heterocycles. The zero-order valence-electron chi connectivity index (χ0n) is 11.7. The highest BCUT2D eigenvalue weighted by molar-refractivity contribution is 5.90. The normalized spacial score (nSPS) is 18.3. The van der Waals surface area contributed by atoms with Gasteiger partial charge in [-0.05, 0) is 31.7 Å². The predicted octanol–water partition coefficient (Wildman–Crippen LogP) is 2.36. The van der Waals surface area contributed by atoms with Crippen LogP contribution in [0.5, 0.6) is 0 Å². The van der Waals surface area contributed by atoms with Gasteiger partial charge in [-0.1, -0.05) is 6.07 Å². The summed E-state index contributed by atoms with van der Waals surface area (Å²) in [5, 5.41) is 22.5. The monoisotopic (exact) mass is 293 g/mol. The maximum Gasteiger partial charge on any atom is 0.322 e. The van der Waals surface area contributed by atoms with Crippen molar-refractivity contribution < 1.29 is 14.8 Å². The molecule has 1 aromatic carbocycles. The summed E-state index contributed by atoms with van der Waals surface area (Å²) in [6, 6.07) is 5.63. The third-order valence-electron chi connectivity index (χ3n) is 3.66. The fourth-order valence-electron chi connectivity index (χ4n) is 2.61. The summed E-state index contributed by atoms with van der Waals surface area (Å²) in [4.78, 5) is 24.2. The van der Waals surface area contributed by atoms with Crippen LogP contribution in [0.3, 0.4) is 0 Å². The molecule has 1 saturated heterocycles. The average molecular weight is 293 g/mol. The number of aliphatic hydroxyl groups is 1. The summed E-state index contributed by atoms with van der Waals surface area (Å²) in [7, 11) is 0. The third-order valence-corrected chi connectivity index (χ3v) is 3.66. The van der Waals surface area contributed by atoms with E-state index in [4.69, 9.17) is 5.11 Å². The molecule has 2 rings (SSSR count). The van der Waals surface area contributed by atoms with Crippen molar-refractivity contribution in [2.24, 2.45) is 0 Å². The number of nitrogens with zero attached hydrogens (tertiary/aromatic N) is 2. The summed E-state index contributed by atoms with van der Waals surface area (Å²) in [6.45, 7) is 0.691. The van der Waals surface area contributed by atoms with E-state index in [1.165, 1.54) is 18.2 Å². The van der Waals surface area contributed by atoms with Gasteiger partial charge in [0.2, 0.25) is 0 Å². The molecule has 114 valence electrons. The third kappa shape index (κ3) is 3.91. The van der Waals surface area contributed by atoms with Gasteiger partial charge in [0, 0.05) is 37.0 Å². The zero-order chi connectivity index (χ0) is 15.2. The molecule has 2 amide bonds. The second-order valence-corrected chi connectivity index (χ2v) is 5.09. The Morgan fingerprint density at radius 3 is 3.00 bits per heavy atom. The van der Waals surface area contributed by atoms with Gasteiger partial charge in [0.05, 0.1) is 4.92 Å². The number of nitrogens with one attached hydrogen (secondary N) is 1. The minimum absolute atomic E-state index is 0.0300. The van der Waals surface area contributed by atoms with E-state index < -0.39 is 4.92 Å². The Morgan fingerprint density at radius 1 is 1.48 bits per heavy atom. The van der Waals surface area contributed by atoms with E-state index in [0.717, 1.165) is 19.3 Å². The van der Waals surface area contributed by atoms with E-state index in [0.29, 0.717) is 18.7 Å². The fourth-order valence-corrected chi connectivity index (χ4v) is 2.61. The van der Waals surface area contributed by atoms with Crippen LogP contribution in [0, 0.1) is 10.1 Å². The maximum absolute atomic E-state index is 12.3. The lowest BCUT2D eigenvalue weighted by molar-refractivity contribution is -0.384. The van der Waals surface area contributed by atoms with Crippen molar-refractivity contribution in [1.29, 1.82) is 0 Å². The van der Waals surface area contributed by atoms with Gasteiger partial charge >= 0.3 is 6.03 Å². The Bertz CT molecular complexity index is 519. The van der Waals surface area contributed by atoms with Crippen LogP contribution >= 0.6 is 0 Å². The molecule has 1 heterocycles. The van der Waals surface area contributed by atoms with Gasteiger partial charge in [-0.15, -0.1) is 0 Å². The Hall–Kier alpha value is -2.15. The fraction of sp³-hybridized carbons (Fsp3) is 0.500. The van der Waals surface area contributed by atoms with Crippen LogP contribution in [-0.4, -0.2) is 40.2 Å². The molecule has 1 atom stereocenters. The Kier molecular flexibility index (Phi) is 5.10. The van der Waals surface area contributed by atoms with Gasteiger partial charge in [-0.3, -0.25) is 10.1 Å². The Labute approximate surface area is 122 Å². The summed E-state index contributed by atoms with van der Waals surface area (Å²) < 4.78 is 0. The Morgan fingerprint density at radius 2 is 2.29 bits per heavy atom. The van der Waals surface area contributed by atoms with Crippen molar-refractivity contribution in [3.05, 3.63) is 34.4 Å². The number of hydrogen-bond acceptors (Lipinski definition) is 4. The van der Waals surface area contributed by atoms with Gasteiger partial charge in [0.15, 0.2) is 0 Å². The van der Waals surface area contributed by atoms with Crippen LogP contribution < -0.4 is 5.32 Å². The minimum Gasteiger partial charge on any atom is -0.396 e. The van der Waals surface area contributed by atoms with Crippen molar-refractivity contribution in [2.75, 3.05) is 18.5 Å². The Balaban J connectivity index is 2.05. The van der Waals surface area contributed by atoms with Crippen molar-refractivity contribution in [3.63, 3.8) is 0 Å². The van der Waals surface area contributed by atoms with E-state index >= 15 is 0 Å². The molecule has 21 heavy (non-hydrogen) atoms. The molecule has 7 heteroatoms. The van der Waals surface area contributed by atoms with Crippen LogP contribution in [0.4, 0.5) is 16.2 Å². The van der Waals surface area contributed by atoms with Crippen molar-refractivity contribution in [3.8, 4) is 0 Å². The molecule has 0 radical (unpaired) electrons. The van der Waals surface area contributed by atoms with E-state index in [2.05, 4.69) is 5.32 Å². The number of non-ortho nitro benzene ring substituents is 1. The average Bonchev–Trinajstić information content (AvgIpc) is 2.48. The zero-order valence-corrected chi connectivity index (χ0v) is 11.7. The SMILES string of the molecule is O=C(Nc1cccc([N+](=O)[O-])c1)N1CCCCC1CCO. The number of rotatable bonds is 4. The number of benzene rings is 1. The number of hydrogen-bond donors (Lipinski definition) is 2. The molecule has 0 spiro atoms. The summed E-state index contributed by atoms with van der Waals surface area (Å²) >= 11 is 0. The molecule has 1 aromatic rings. The van der Waals surface area contributed by atoms with E-state index in [1.54, 1.807) is 11.0 Å². The first-order valence-electron chi connectivity index (χ1n) is 7.05. The van der Waals surface area contributed by atoms with Crippen LogP contribution in [0.25, 0.3) is 0 Å². The second kappa shape index (κ2) is 7.03. The number of piperidine rings is 1. The molecule has 0 bridgehead atoms. The van der Waals surface area contributed by atoms with Gasteiger partial charge < -0.3 is 15.3 Å². The number of carbonyl (C=O) groups excluding carboxylic acids is 1. The molecular formula is C14H19N3O4. The lowest BCUT2D eigenvalue weighted by Gasteiger charge is -2.35. The van der Waals surface area contributed by atoms with Gasteiger partial charge in [-0.25, -0.2) is 4.79 Å². The van der Waals surface area contributed by atoms with Gasteiger partial charge in [0.25, 0.3) is 5.69 Å². The van der Waals surface area contributed by atoms with Crippen molar-refractivity contribution in [1.82, 2.24) is 4.90 Å². The lowest BCUT2D eigenvalue weighted by Crippen LogP contribution is -2.46. The molecule has 1 aliphatic heterocycles. The van der Waals surface area contributed by atoms with E-state index in [1.807, 2.05) is 0 Å². The topological polar surface area (TPSA) is 95.7 Å². The molecule has 0 aliphatic carbocycles. The number of nitro groups is 1. The van der Waals surface area contributed by atoms with Crippen LogP contribution in [0.1, 0.15) is 25.7 Å². The van der Waals surface area contributed by atoms with E-state index in [9.17, 15) is 14.9 Å². The number of carbonyl (C=O) groups is 1. The second-order valence-electron chi connectivity index (χ2n) is 5.09. The van der Waals surface area contributed by atoms with E-state index in [-0.39, 0.29) is 24.4 Å². The molecule has 1 unspecified atom stereocenters. The first-order valence-corrected chi connectivity index (χ1v) is 7.05. The molecule has 1 aliphatic rings. The van der Waals surface area contributed by atoms with Crippen LogP contribution in [-0.2, 0) is 0 Å². The highest BCUT2D eigenvalue weighted by Crippen LogP contribution is 2.22. The van der Waals surface area contributed by atoms with Crippen molar-refractivity contribution in [2.45, 2.75) is 31.7 Å². The minimum atomic E-state index is -0.495.